The van der Waals surface area contributed by atoms with Crippen molar-refractivity contribution in [3.05, 3.63) is 23.5 Å². The summed E-state index contributed by atoms with van der Waals surface area (Å²) >= 11 is 1.55. The van der Waals surface area contributed by atoms with E-state index >= 15 is 0 Å². The predicted octanol–water partition coefficient (Wildman–Crippen LogP) is 1.87. The zero-order valence-corrected chi connectivity index (χ0v) is 8.50. The van der Waals surface area contributed by atoms with Gasteiger partial charge in [0.05, 0.1) is 19.9 Å². The summed E-state index contributed by atoms with van der Waals surface area (Å²) in [7, 11) is 1.63. The van der Waals surface area contributed by atoms with Crippen molar-refractivity contribution in [1.29, 1.82) is 0 Å². The van der Waals surface area contributed by atoms with Gasteiger partial charge in [0.2, 0.25) is 5.89 Å². The van der Waals surface area contributed by atoms with Crippen molar-refractivity contribution in [3.63, 3.8) is 0 Å². The first-order valence-electron chi connectivity index (χ1n) is 4.11. The number of thiophene rings is 1. The minimum atomic E-state index is 0.313. The van der Waals surface area contributed by atoms with Gasteiger partial charge in [0.15, 0.2) is 5.76 Å². The minimum absolute atomic E-state index is 0.313. The predicted molar refractivity (Wildman–Crippen MR) is 54.3 cm³/mol. The molecule has 2 N–H and O–H groups in total. The topological polar surface area (TPSA) is 61.3 Å². The summed E-state index contributed by atoms with van der Waals surface area (Å²) in [4.78, 5) is 4.97. The summed E-state index contributed by atoms with van der Waals surface area (Å²) in [6.45, 7) is 0.313. The van der Waals surface area contributed by atoms with Crippen molar-refractivity contribution in [2.24, 2.45) is 5.73 Å². The van der Waals surface area contributed by atoms with Crippen LogP contribution in [0.1, 0.15) is 5.89 Å². The highest BCUT2D eigenvalue weighted by molar-refractivity contribution is 7.13. The number of aromatic nitrogens is 1. The number of nitrogens with zero attached hydrogens (tertiary/aromatic N) is 1. The molecule has 0 unspecified atom stereocenters. The summed E-state index contributed by atoms with van der Waals surface area (Å²) < 4.78 is 10.6. The van der Waals surface area contributed by atoms with E-state index in [0.29, 0.717) is 18.2 Å². The standard InChI is InChI=1S/C9H10N2O2S/c1-12-6-2-3-14-9(6)7-5-11-8(4-10)13-7/h2-3,5H,4,10H2,1H3. The van der Waals surface area contributed by atoms with Crippen LogP contribution >= 0.6 is 11.3 Å². The summed E-state index contributed by atoms with van der Waals surface area (Å²) in [6.07, 6.45) is 1.66. The van der Waals surface area contributed by atoms with Crippen molar-refractivity contribution < 1.29 is 9.15 Å². The number of ether oxygens (including phenoxy) is 1. The minimum Gasteiger partial charge on any atom is -0.495 e. The SMILES string of the molecule is COc1ccsc1-c1cnc(CN)o1. The highest BCUT2D eigenvalue weighted by Gasteiger charge is 2.11. The van der Waals surface area contributed by atoms with Crippen LogP contribution in [0.2, 0.25) is 0 Å². The molecule has 0 fully saturated rings. The molecule has 0 spiro atoms. The number of hydrogen-bond donors (Lipinski definition) is 1. The second-order valence-corrected chi connectivity index (χ2v) is 3.56. The fraction of sp³-hybridized carbons (Fsp3) is 0.222. The van der Waals surface area contributed by atoms with E-state index in [4.69, 9.17) is 14.9 Å². The van der Waals surface area contributed by atoms with Crippen LogP contribution in [-0.4, -0.2) is 12.1 Å². The van der Waals surface area contributed by atoms with E-state index in [2.05, 4.69) is 4.98 Å². The van der Waals surface area contributed by atoms with Crippen molar-refractivity contribution in [1.82, 2.24) is 4.98 Å². The Hall–Kier alpha value is -1.33. The van der Waals surface area contributed by atoms with Gasteiger partial charge in [-0.25, -0.2) is 4.98 Å². The number of oxazole rings is 1. The molecule has 2 aromatic heterocycles. The molecule has 0 saturated carbocycles. The molecule has 2 aromatic rings. The molecule has 0 radical (unpaired) electrons. The van der Waals surface area contributed by atoms with Gasteiger partial charge in [-0.2, -0.15) is 0 Å². The lowest BCUT2D eigenvalue weighted by molar-refractivity contribution is 0.416. The quantitative estimate of drug-likeness (QED) is 0.840. The van der Waals surface area contributed by atoms with E-state index in [1.165, 1.54) is 0 Å². The van der Waals surface area contributed by atoms with E-state index in [1.807, 2.05) is 11.4 Å². The van der Waals surface area contributed by atoms with E-state index < -0.39 is 0 Å². The third kappa shape index (κ3) is 1.51. The van der Waals surface area contributed by atoms with Crippen LogP contribution in [0, 0.1) is 0 Å². The molecule has 0 amide bonds. The molecule has 2 rings (SSSR count). The average Bonchev–Trinajstić information content (AvgIpc) is 2.85. The van der Waals surface area contributed by atoms with Crippen LogP contribution in [0.4, 0.5) is 0 Å². The van der Waals surface area contributed by atoms with Crippen LogP contribution in [0.15, 0.2) is 22.1 Å². The van der Waals surface area contributed by atoms with Gasteiger partial charge in [-0.3, -0.25) is 0 Å². The maximum Gasteiger partial charge on any atom is 0.208 e. The molecule has 0 aromatic carbocycles. The van der Waals surface area contributed by atoms with Gasteiger partial charge >= 0.3 is 0 Å². The summed E-state index contributed by atoms with van der Waals surface area (Å²) in [5.41, 5.74) is 5.40. The number of methoxy groups -OCH3 is 1. The van der Waals surface area contributed by atoms with Crippen LogP contribution in [0.3, 0.4) is 0 Å². The second kappa shape index (κ2) is 3.81. The number of hydrogen-bond acceptors (Lipinski definition) is 5. The Bertz CT molecular complexity index is 422. The van der Waals surface area contributed by atoms with Crippen molar-refractivity contribution >= 4 is 11.3 Å². The van der Waals surface area contributed by atoms with Gasteiger partial charge in [-0.15, -0.1) is 11.3 Å². The molecule has 5 heteroatoms. The Labute approximate surface area is 85.3 Å². The Kier molecular flexibility index (Phi) is 2.51. The molecule has 14 heavy (non-hydrogen) atoms. The van der Waals surface area contributed by atoms with E-state index in [-0.39, 0.29) is 0 Å². The fourth-order valence-corrected chi connectivity index (χ4v) is 1.95. The maximum absolute atomic E-state index is 5.41. The smallest absolute Gasteiger partial charge is 0.208 e. The molecule has 4 nitrogen and oxygen atoms in total. The van der Waals surface area contributed by atoms with Gasteiger partial charge in [-0.1, -0.05) is 0 Å². The maximum atomic E-state index is 5.41. The molecule has 74 valence electrons. The first-order valence-corrected chi connectivity index (χ1v) is 4.99. The Morgan fingerprint density at radius 2 is 2.50 bits per heavy atom. The van der Waals surface area contributed by atoms with Gasteiger partial charge in [0, 0.05) is 0 Å². The average molecular weight is 210 g/mol. The zero-order valence-electron chi connectivity index (χ0n) is 7.69. The van der Waals surface area contributed by atoms with Crippen LogP contribution in [-0.2, 0) is 6.54 Å². The lowest BCUT2D eigenvalue weighted by atomic mass is 10.4. The van der Waals surface area contributed by atoms with E-state index in [0.717, 1.165) is 10.6 Å². The van der Waals surface area contributed by atoms with Crippen molar-refractivity contribution in [2.75, 3.05) is 7.11 Å². The molecule has 0 atom stereocenters. The lowest BCUT2D eigenvalue weighted by Gasteiger charge is -1.97. The fourth-order valence-electron chi connectivity index (χ4n) is 1.15. The highest BCUT2D eigenvalue weighted by Crippen LogP contribution is 2.35. The van der Waals surface area contributed by atoms with Crippen LogP contribution in [0.25, 0.3) is 10.6 Å². The van der Waals surface area contributed by atoms with Gasteiger partial charge in [0.1, 0.15) is 10.6 Å². The molecule has 0 bridgehead atoms. The third-order valence-corrected chi connectivity index (χ3v) is 2.71. The first-order chi connectivity index (χ1) is 6.85. The van der Waals surface area contributed by atoms with E-state index in [1.54, 1.807) is 24.6 Å². The van der Waals surface area contributed by atoms with Gasteiger partial charge in [-0.05, 0) is 11.4 Å². The van der Waals surface area contributed by atoms with Crippen LogP contribution < -0.4 is 10.5 Å². The van der Waals surface area contributed by atoms with Crippen molar-refractivity contribution in [2.45, 2.75) is 6.54 Å². The molecule has 0 aliphatic carbocycles. The molecule has 0 aliphatic rings. The van der Waals surface area contributed by atoms with Gasteiger partial charge in [0.25, 0.3) is 0 Å². The van der Waals surface area contributed by atoms with Crippen LogP contribution in [0.5, 0.6) is 5.75 Å². The molecule has 2 heterocycles. The normalized spacial score (nSPS) is 10.4. The van der Waals surface area contributed by atoms with Crippen molar-refractivity contribution in [3.8, 4) is 16.4 Å². The summed E-state index contributed by atoms with van der Waals surface area (Å²) in [5.74, 6) is 2.04. The molecular formula is C9H10N2O2S. The Morgan fingerprint density at radius 3 is 3.14 bits per heavy atom. The Balaban J connectivity index is 2.38. The molecular weight excluding hydrogens is 200 g/mol. The largest absolute Gasteiger partial charge is 0.495 e. The Morgan fingerprint density at radius 1 is 1.64 bits per heavy atom. The van der Waals surface area contributed by atoms with E-state index in [9.17, 15) is 0 Å². The molecule has 0 aliphatic heterocycles. The molecule has 0 saturated heterocycles. The third-order valence-electron chi connectivity index (χ3n) is 1.80. The summed E-state index contributed by atoms with van der Waals surface area (Å²) in [5, 5.41) is 1.94. The lowest BCUT2D eigenvalue weighted by Crippen LogP contribution is -1.94. The van der Waals surface area contributed by atoms with Gasteiger partial charge < -0.3 is 14.9 Å². The number of rotatable bonds is 3. The highest BCUT2D eigenvalue weighted by atomic mass is 32.1. The summed E-state index contributed by atoms with van der Waals surface area (Å²) in [6, 6.07) is 1.89. The zero-order chi connectivity index (χ0) is 9.97. The second-order valence-electron chi connectivity index (χ2n) is 2.64. The first kappa shape index (κ1) is 9.23. The number of nitrogens with two attached hydrogens (primary N) is 1. The monoisotopic (exact) mass is 210 g/mol.